The Kier molecular flexibility index (Phi) is 6.28. The first-order valence-corrected chi connectivity index (χ1v) is 8.59. The van der Waals surface area contributed by atoms with Gasteiger partial charge in [-0.25, -0.2) is 12.7 Å². The topological polar surface area (TPSA) is 49.4 Å². The molecule has 0 spiro atoms. The summed E-state index contributed by atoms with van der Waals surface area (Å²) in [7, 11) is -1.67. The number of hydrogen-bond acceptors (Lipinski definition) is 4. The zero-order chi connectivity index (χ0) is 13.6. The monoisotopic (exact) mass is 290 g/mol. The van der Waals surface area contributed by atoms with Crippen molar-refractivity contribution < 1.29 is 8.42 Å². The van der Waals surface area contributed by atoms with E-state index in [2.05, 4.69) is 12.2 Å². The third kappa shape index (κ3) is 3.78. The summed E-state index contributed by atoms with van der Waals surface area (Å²) < 4.78 is 26.2. The molecule has 4 nitrogen and oxygen atoms in total. The Hall–Kier alpha value is -0.430. The Bertz CT molecular complexity index is 454. The molecule has 0 saturated carbocycles. The van der Waals surface area contributed by atoms with E-state index in [1.807, 2.05) is 12.3 Å². The number of rotatable bonds is 8. The fourth-order valence-corrected chi connectivity index (χ4v) is 4.18. The average molecular weight is 290 g/mol. The fourth-order valence-electron chi connectivity index (χ4n) is 1.59. The summed E-state index contributed by atoms with van der Waals surface area (Å²) in [5.41, 5.74) is 0. The van der Waals surface area contributed by atoms with Crippen molar-refractivity contribution in [3.05, 3.63) is 16.3 Å². The Morgan fingerprint density at radius 1 is 1.39 bits per heavy atom. The smallest absolute Gasteiger partial charge is 0.243 e. The minimum absolute atomic E-state index is 0.451. The zero-order valence-corrected chi connectivity index (χ0v) is 12.9. The minimum Gasteiger partial charge on any atom is -0.312 e. The predicted molar refractivity (Wildman–Crippen MR) is 76.4 cm³/mol. The molecule has 0 aliphatic heterocycles. The van der Waals surface area contributed by atoms with Gasteiger partial charge in [-0.1, -0.05) is 20.3 Å². The fraction of sp³-hybridized carbons (Fsp3) is 0.667. The molecule has 0 radical (unpaired) electrons. The summed E-state index contributed by atoms with van der Waals surface area (Å²) in [6.07, 6.45) is 1.89. The number of thiophene rings is 1. The summed E-state index contributed by atoms with van der Waals surface area (Å²) >= 11 is 1.49. The van der Waals surface area contributed by atoms with Gasteiger partial charge in [0, 0.05) is 25.0 Å². The highest BCUT2D eigenvalue weighted by molar-refractivity contribution is 7.89. The molecule has 1 rings (SSSR count). The molecular weight excluding hydrogens is 268 g/mol. The second-order valence-electron chi connectivity index (χ2n) is 4.17. The summed E-state index contributed by atoms with van der Waals surface area (Å²) in [5, 5.41) is 5.01. The molecule has 1 N–H and O–H groups in total. The molecule has 18 heavy (non-hydrogen) atoms. The minimum atomic E-state index is -3.33. The van der Waals surface area contributed by atoms with Crippen LogP contribution in [-0.4, -0.2) is 32.9 Å². The molecule has 0 saturated heterocycles. The molecule has 0 unspecified atom stereocenters. The van der Waals surface area contributed by atoms with E-state index in [1.54, 1.807) is 13.1 Å². The first kappa shape index (κ1) is 15.6. The molecule has 0 bridgehead atoms. The second kappa shape index (κ2) is 7.23. The number of nitrogens with one attached hydrogen (secondary N) is 1. The van der Waals surface area contributed by atoms with Gasteiger partial charge >= 0.3 is 0 Å². The maximum atomic E-state index is 12.4. The van der Waals surface area contributed by atoms with Crippen LogP contribution in [0.2, 0.25) is 0 Å². The lowest BCUT2D eigenvalue weighted by Crippen LogP contribution is -2.28. The standard InChI is InChI=1S/C12H22N2O2S2/c1-4-6-8-14(3)18(15,16)12-7-9-17-11(12)10-13-5-2/h7,9,13H,4-6,8,10H2,1-3H3. The summed E-state index contributed by atoms with van der Waals surface area (Å²) in [6.45, 7) is 6.10. The molecule has 0 fully saturated rings. The molecule has 0 aliphatic rings. The molecule has 1 aromatic heterocycles. The van der Waals surface area contributed by atoms with Gasteiger partial charge in [-0.2, -0.15) is 0 Å². The molecule has 0 aliphatic carbocycles. The third-order valence-corrected chi connectivity index (χ3v) is 5.75. The van der Waals surface area contributed by atoms with Gasteiger partial charge in [0.25, 0.3) is 0 Å². The Labute approximate surface area is 114 Å². The molecule has 0 aromatic carbocycles. The van der Waals surface area contributed by atoms with Gasteiger partial charge in [0.1, 0.15) is 0 Å². The highest BCUT2D eigenvalue weighted by Gasteiger charge is 2.24. The van der Waals surface area contributed by atoms with Crippen LogP contribution in [0.4, 0.5) is 0 Å². The van der Waals surface area contributed by atoms with E-state index in [9.17, 15) is 8.42 Å². The summed E-state index contributed by atoms with van der Waals surface area (Å²) in [6, 6.07) is 1.70. The zero-order valence-electron chi connectivity index (χ0n) is 11.3. The van der Waals surface area contributed by atoms with E-state index in [0.29, 0.717) is 18.0 Å². The van der Waals surface area contributed by atoms with Crippen LogP contribution in [0, 0.1) is 0 Å². The van der Waals surface area contributed by atoms with E-state index in [0.717, 1.165) is 24.3 Å². The quantitative estimate of drug-likeness (QED) is 0.799. The van der Waals surface area contributed by atoms with Crippen molar-refractivity contribution in [3.8, 4) is 0 Å². The van der Waals surface area contributed by atoms with E-state index in [4.69, 9.17) is 0 Å². The van der Waals surface area contributed by atoms with Crippen molar-refractivity contribution in [1.82, 2.24) is 9.62 Å². The van der Waals surface area contributed by atoms with Crippen LogP contribution < -0.4 is 5.32 Å². The van der Waals surface area contributed by atoms with E-state index in [-0.39, 0.29) is 0 Å². The van der Waals surface area contributed by atoms with E-state index >= 15 is 0 Å². The third-order valence-electron chi connectivity index (χ3n) is 2.75. The predicted octanol–water partition coefficient (Wildman–Crippen LogP) is 2.28. The van der Waals surface area contributed by atoms with Gasteiger partial charge in [0.2, 0.25) is 10.0 Å². The number of nitrogens with zero attached hydrogens (tertiary/aromatic N) is 1. The summed E-state index contributed by atoms with van der Waals surface area (Å²) in [4.78, 5) is 1.34. The largest absolute Gasteiger partial charge is 0.312 e. The van der Waals surface area contributed by atoms with Gasteiger partial charge in [-0.15, -0.1) is 11.3 Å². The lowest BCUT2D eigenvalue weighted by Gasteiger charge is -2.17. The average Bonchev–Trinajstić information content (AvgIpc) is 2.82. The Morgan fingerprint density at radius 3 is 2.72 bits per heavy atom. The van der Waals surface area contributed by atoms with Gasteiger partial charge in [0.05, 0.1) is 4.90 Å². The number of unbranched alkanes of at least 4 members (excludes halogenated alkanes) is 1. The lowest BCUT2D eigenvalue weighted by atomic mass is 10.3. The van der Waals surface area contributed by atoms with Crippen molar-refractivity contribution >= 4 is 21.4 Å². The number of sulfonamides is 1. The first-order valence-electron chi connectivity index (χ1n) is 6.27. The second-order valence-corrected chi connectivity index (χ2v) is 7.18. The first-order chi connectivity index (χ1) is 8.54. The van der Waals surface area contributed by atoms with E-state index in [1.165, 1.54) is 15.6 Å². The SMILES string of the molecule is CCCCN(C)S(=O)(=O)c1ccsc1CNCC. The maximum absolute atomic E-state index is 12.4. The molecule has 104 valence electrons. The van der Waals surface area contributed by atoms with Gasteiger partial charge in [-0.3, -0.25) is 0 Å². The normalized spacial score (nSPS) is 12.2. The van der Waals surface area contributed by atoms with Crippen molar-refractivity contribution in [2.75, 3.05) is 20.1 Å². The Balaban J connectivity index is 2.87. The van der Waals surface area contributed by atoms with Crippen molar-refractivity contribution in [3.63, 3.8) is 0 Å². The van der Waals surface area contributed by atoms with Crippen LogP contribution in [0.15, 0.2) is 16.3 Å². The van der Waals surface area contributed by atoms with Gasteiger partial charge in [-0.05, 0) is 24.4 Å². The van der Waals surface area contributed by atoms with Crippen molar-refractivity contribution in [1.29, 1.82) is 0 Å². The molecule has 6 heteroatoms. The van der Waals surface area contributed by atoms with E-state index < -0.39 is 10.0 Å². The lowest BCUT2D eigenvalue weighted by molar-refractivity contribution is 0.458. The van der Waals surface area contributed by atoms with Crippen LogP contribution in [0.1, 0.15) is 31.6 Å². The molecule has 1 aromatic rings. The van der Waals surface area contributed by atoms with Crippen LogP contribution in [0.5, 0.6) is 0 Å². The van der Waals surface area contributed by atoms with Gasteiger partial charge in [0.15, 0.2) is 0 Å². The van der Waals surface area contributed by atoms with Gasteiger partial charge < -0.3 is 5.32 Å². The van der Waals surface area contributed by atoms with Crippen LogP contribution in [0.3, 0.4) is 0 Å². The molecular formula is C12H22N2O2S2. The van der Waals surface area contributed by atoms with Crippen LogP contribution in [0.25, 0.3) is 0 Å². The molecule has 0 amide bonds. The van der Waals surface area contributed by atoms with Crippen molar-refractivity contribution in [2.24, 2.45) is 0 Å². The number of hydrogen-bond donors (Lipinski definition) is 1. The highest BCUT2D eigenvalue weighted by atomic mass is 32.2. The maximum Gasteiger partial charge on any atom is 0.243 e. The summed E-state index contributed by atoms with van der Waals surface area (Å²) in [5.74, 6) is 0. The van der Waals surface area contributed by atoms with Crippen molar-refractivity contribution in [2.45, 2.75) is 38.1 Å². The molecule has 0 atom stereocenters. The molecule has 1 heterocycles. The van der Waals surface area contributed by atoms with Crippen LogP contribution >= 0.6 is 11.3 Å². The Morgan fingerprint density at radius 2 is 2.11 bits per heavy atom. The van der Waals surface area contributed by atoms with Crippen LogP contribution in [-0.2, 0) is 16.6 Å². The highest BCUT2D eigenvalue weighted by Crippen LogP contribution is 2.24.